The lowest BCUT2D eigenvalue weighted by atomic mass is 10.1. The smallest absolute Gasteiger partial charge is 0.227 e. The lowest BCUT2D eigenvalue weighted by Crippen LogP contribution is -2.13. The predicted octanol–water partition coefficient (Wildman–Crippen LogP) is 4.52. The van der Waals surface area contributed by atoms with Crippen LogP contribution < -0.4 is 21.7 Å². The SMILES string of the molecule is Cc1cc(Nc2cc(NC(=O)CCCCCCC(N)=O)nc(Sc3ccc(NC(=O)C4CC4)cc3)n2)n[nH]1. The molecule has 0 unspecified atom stereocenters. The average Bonchev–Trinajstić information content (AvgIpc) is 3.64. The van der Waals surface area contributed by atoms with Gasteiger partial charge in [-0.05, 0) is 68.6 Å². The van der Waals surface area contributed by atoms with E-state index < -0.39 is 0 Å². The van der Waals surface area contributed by atoms with E-state index in [-0.39, 0.29) is 23.6 Å². The van der Waals surface area contributed by atoms with E-state index >= 15 is 0 Å². The van der Waals surface area contributed by atoms with Crippen molar-refractivity contribution in [1.29, 1.82) is 0 Å². The molecule has 1 saturated carbocycles. The Balaban J connectivity index is 1.39. The van der Waals surface area contributed by atoms with Gasteiger partial charge in [0.1, 0.15) is 11.6 Å². The lowest BCUT2D eigenvalue weighted by Gasteiger charge is -2.10. The zero-order valence-corrected chi connectivity index (χ0v) is 22.1. The number of aryl methyl sites for hydroxylation is 1. The summed E-state index contributed by atoms with van der Waals surface area (Å²) in [6, 6.07) is 11.0. The van der Waals surface area contributed by atoms with E-state index in [0.717, 1.165) is 48.4 Å². The summed E-state index contributed by atoms with van der Waals surface area (Å²) in [7, 11) is 0. The van der Waals surface area contributed by atoms with E-state index in [2.05, 4.69) is 36.1 Å². The van der Waals surface area contributed by atoms with Gasteiger partial charge >= 0.3 is 0 Å². The van der Waals surface area contributed by atoms with Crippen LogP contribution in [0.4, 0.5) is 23.1 Å². The number of aromatic amines is 1. The van der Waals surface area contributed by atoms with Crippen molar-refractivity contribution in [1.82, 2.24) is 20.2 Å². The summed E-state index contributed by atoms with van der Waals surface area (Å²) in [6.07, 6.45) is 5.76. The van der Waals surface area contributed by atoms with Crippen molar-refractivity contribution in [3.63, 3.8) is 0 Å². The summed E-state index contributed by atoms with van der Waals surface area (Å²) < 4.78 is 0. The summed E-state index contributed by atoms with van der Waals surface area (Å²) in [6.45, 7) is 1.90. The molecular formula is C26H32N8O3S. The highest BCUT2D eigenvalue weighted by molar-refractivity contribution is 7.99. The molecular weight excluding hydrogens is 504 g/mol. The van der Waals surface area contributed by atoms with E-state index in [1.165, 1.54) is 11.8 Å². The molecule has 0 radical (unpaired) electrons. The second-order valence-electron chi connectivity index (χ2n) is 9.30. The van der Waals surface area contributed by atoms with Gasteiger partial charge in [0.25, 0.3) is 0 Å². The van der Waals surface area contributed by atoms with Crippen LogP contribution in [0.2, 0.25) is 0 Å². The van der Waals surface area contributed by atoms with E-state index in [9.17, 15) is 14.4 Å². The van der Waals surface area contributed by atoms with Crippen molar-refractivity contribution in [2.24, 2.45) is 11.7 Å². The maximum atomic E-state index is 12.5. The second kappa shape index (κ2) is 13.0. The molecule has 3 amide bonds. The number of nitrogens with zero attached hydrogens (tertiary/aromatic N) is 3. The molecule has 2 heterocycles. The molecule has 0 atom stereocenters. The van der Waals surface area contributed by atoms with Crippen LogP contribution in [0.25, 0.3) is 0 Å². The molecule has 38 heavy (non-hydrogen) atoms. The van der Waals surface area contributed by atoms with Crippen molar-refractivity contribution in [3.05, 3.63) is 42.1 Å². The lowest BCUT2D eigenvalue weighted by molar-refractivity contribution is -0.118. The minimum atomic E-state index is -0.300. The van der Waals surface area contributed by atoms with Gasteiger partial charge in [0, 0.05) is 47.2 Å². The number of anilines is 4. The van der Waals surface area contributed by atoms with Gasteiger partial charge in [-0.15, -0.1) is 0 Å². The zero-order valence-electron chi connectivity index (χ0n) is 21.3. The van der Waals surface area contributed by atoms with Crippen molar-refractivity contribution in [3.8, 4) is 0 Å². The van der Waals surface area contributed by atoms with Crippen LogP contribution in [0.5, 0.6) is 0 Å². The Hall–Kier alpha value is -3.93. The third kappa shape index (κ3) is 8.87. The average molecular weight is 537 g/mol. The number of unbranched alkanes of at least 4 members (excludes halogenated alkanes) is 3. The Morgan fingerprint density at radius 2 is 1.66 bits per heavy atom. The number of carbonyl (C=O) groups excluding carboxylic acids is 3. The number of rotatable bonds is 14. The Kier molecular flexibility index (Phi) is 9.30. The topological polar surface area (TPSA) is 168 Å². The van der Waals surface area contributed by atoms with Crippen LogP contribution >= 0.6 is 11.8 Å². The monoisotopic (exact) mass is 536 g/mol. The molecule has 0 spiro atoms. The van der Waals surface area contributed by atoms with Gasteiger partial charge in [0.15, 0.2) is 11.0 Å². The second-order valence-corrected chi connectivity index (χ2v) is 10.3. The summed E-state index contributed by atoms with van der Waals surface area (Å²) in [5.41, 5.74) is 6.80. The van der Waals surface area contributed by atoms with Crippen LogP contribution in [0, 0.1) is 12.8 Å². The van der Waals surface area contributed by atoms with Gasteiger partial charge in [0.2, 0.25) is 17.7 Å². The molecule has 4 rings (SSSR count). The maximum Gasteiger partial charge on any atom is 0.227 e. The standard InChI is InChI=1S/C26H32N8O3S/c1-16-14-23(34-33-16)29-21-15-22(30-24(36)7-5-3-2-4-6-20(27)35)32-26(31-21)38-19-12-10-18(11-13-19)28-25(37)17-8-9-17/h10-15,17H,2-9H2,1H3,(H2,27,35)(H,28,37)(H3,29,30,31,32,33,34,36). The van der Waals surface area contributed by atoms with Crippen molar-refractivity contribution in [2.45, 2.75) is 68.3 Å². The minimum absolute atomic E-state index is 0.0622. The molecule has 3 aromatic rings. The van der Waals surface area contributed by atoms with E-state index in [1.807, 2.05) is 37.3 Å². The Morgan fingerprint density at radius 3 is 2.32 bits per heavy atom. The third-order valence-corrected chi connectivity index (χ3v) is 6.66. The summed E-state index contributed by atoms with van der Waals surface area (Å²) in [5.74, 6) is 1.22. The molecule has 6 N–H and O–H groups in total. The van der Waals surface area contributed by atoms with Crippen LogP contribution in [0.15, 0.2) is 46.5 Å². The quantitative estimate of drug-likeness (QED) is 0.148. The first-order valence-corrected chi connectivity index (χ1v) is 13.5. The Bertz CT molecular complexity index is 1270. The number of hydrogen-bond acceptors (Lipinski definition) is 8. The molecule has 1 aliphatic carbocycles. The van der Waals surface area contributed by atoms with Crippen LogP contribution in [0.3, 0.4) is 0 Å². The number of amides is 3. The van der Waals surface area contributed by atoms with Crippen molar-refractivity contribution < 1.29 is 14.4 Å². The fraction of sp³-hybridized carbons (Fsp3) is 0.385. The molecule has 12 heteroatoms. The molecule has 200 valence electrons. The Labute approximate surface area is 225 Å². The predicted molar refractivity (Wildman–Crippen MR) is 146 cm³/mol. The third-order valence-electron chi connectivity index (χ3n) is 5.79. The first-order chi connectivity index (χ1) is 18.3. The van der Waals surface area contributed by atoms with Crippen LogP contribution in [-0.4, -0.2) is 37.9 Å². The minimum Gasteiger partial charge on any atom is -0.370 e. The number of carbonyl (C=O) groups is 3. The van der Waals surface area contributed by atoms with Gasteiger partial charge < -0.3 is 21.7 Å². The van der Waals surface area contributed by atoms with Gasteiger partial charge in [-0.3, -0.25) is 19.5 Å². The van der Waals surface area contributed by atoms with Gasteiger partial charge in [0.05, 0.1) is 0 Å². The number of hydrogen-bond donors (Lipinski definition) is 5. The number of H-pyrrole nitrogens is 1. The van der Waals surface area contributed by atoms with Gasteiger partial charge in [-0.1, -0.05) is 12.8 Å². The highest BCUT2D eigenvalue weighted by atomic mass is 32.2. The van der Waals surface area contributed by atoms with Crippen molar-refractivity contribution >= 4 is 52.6 Å². The number of nitrogens with two attached hydrogens (primary N) is 1. The first kappa shape index (κ1) is 27.1. The van der Waals surface area contributed by atoms with E-state index in [0.29, 0.717) is 41.9 Å². The number of nitrogens with one attached hydrogen (secondary N) is 4. The molecule has 0 aliphatic heterocycles. The highest BCUT2D eigenvalue weighted by Crippen LogP contribution is 2.32. The first-order valence-electron chi connectivity index (χ1n) is 12.7. The number of primary amides is 1. The fourth-order valence-corrected chi connectivity index (χ4v) is 4.43. The van der Waals surface area contributed by atoms with Crippen LogP contribution in [0.1, 0.15) is 57.1 Å². The van der Waals surface area contributed by atoms with Crippen molar-refractivity contribution in [2.75, 3.05) is 16.0 Å². The van der Waals surface area contributed by atoms with Gasteiger partial charge in [-0.25, -0.2) is 9.97 Å². The maximum absolute atomic E-state index is 12.5. The molecule has 0 bridgehead atoms. The van der Waals surface area contributed by atoms with E-state index in [4.69, 9.17) is 5.73 Å². The number of aromatic nitrogens is 4. The van der Waals surface area contributed by atoms with E-state index in [1.54, 1.807) is 6.07 Å². The summed E-state index contributed by atoms with van der Waals surface area (Å²) in [4.78, 5) is 45.4. The van der Waals surface area contributed by atoms with Gasteiger partial charge in [-0.2, -0.15) is 5.10 Å². The Morgan fingerprint density at radius 1 is 0.947 bits per heavy atom. The number of benzene rings is 1. The highest BCUT2D eigenvalue weighted by Gasteiger charge is 2.29. The summed E-state index contributed by atoms with van der Waals surface area (Å²) >= 11 is 1.34. The molecule has 1 aromatic carbocycles. The molecule has 2 aromatic heterocycles. The zero-order chi connectivity index (χ0) is 26.9. The molecule has 1 fully saturated rings. The normalized spacial score (nSPS) is 12.7. The molecule has 1 aliphatic rings. The molecule has 11 nitrogen and oxygen atoms in total. The van der Waals surface area contributed by atoms with Crippen LogP contribution in [-0.2, 0) is 14.4 Å². The molecule has 0 saturated heterocycles. The summed E-state index contributed by atoms with van der Waals surface area (Å²) in [5, 5.41) is 16.4. The largest absolute Gasteiger partial charge is 0.370 e. The fourth-order valence-electron chi connectivity index (χ4n) is 3.66.